The molecule has 7 heteroatoms. The molecule has 3 rings (SSSR count). The molecular formula is C18H28N4O3. The molecule has 0 unspecified atom stereocenters. The zero-order valence-electron chi connectivity index (χ0n) is 14.9. The first-order valence-electron chi connectivity index (χ1n) is 9.14. The highest BCUT2D eigenvalue weighted by Gasteiger charge is 2.27. The quantitative estimate of drug-likeness (QED) is 0.799. The Hall–Kier alpha value is -1.86. The van der Waals surface area contributed by atoms with Crippen molar-refractivity contribution in [2.24, 2.45) is 0 Å². The predicted molar refractivity (Wildman–Crippen MR) is 96.0 cm³/mol. The topological polar surface area (TPSA) is 66.9 Å². The van der Waals surface area contributed by atoms with E-state index in [1.54, 1.807) is 19.4 Å². The van der Waals surface area contributed by atoms with E-state index in [0.717, 1.165) is 32.2 Å². The van der Waals surface area contributed by atoms with Gasteiger partial charge in [0.2, 0.25) is 5.88 Å². The van der Waals surface area contributed by atoms with E-state index < -0.39 is 0 Å². The summed E-state index contributed by atoms with van der Waals surface area (Å²) in [6.07, 6.45) is 6.95. The molecule has 2 heterocycles. The maximum absolute atomic E-state index is 12.4. The van der Waals surface area contributed by atoms with Crippen LogP contribution in [0.1, 0.15) is 25.7 Å². The van der Waals surface area contributed by atoms with E-state index in [1.165, 1.54) is 25.7 Å². The fourth-order valence-electron chi connectivity index (χ4n) is 3.53. The summed E-state index contributed by atoms with van der Waals surface area (Å²) < 4.78 is 10.3. The van der Waals surface area contributed by atoms with Crippen molar-refractivity contribution in [3.63, 3.8) is 0 Å². The molecule has 7 nitrogen and oxygen atoms in total. The van der Waals surface area contributed by atoms with Gasteiger partial charge in [-0.1, -0.05) is 12.8 Å². The maximum Gasteiger partial charge on any atom is 0.321 e. The van der Waals surface area contributed by atoms with Gasteiger partial charge in [-0.15, -0.1) is 0 Å². The summed E-state index contributed by atoms with van der Waals surface area (Å²) in [5.41, 5.74) is 0.683. The number of hydrogen-bond acceptors (Lipinski definition) is 5. The molecule has 0 atom stereocenters. The first kappa shape index (κ1) is 17.9. The molecule has 1 saturated carbocycles. The standard InChI is InChI=1S/C18H28N4O3/c1-24-12-13-25-17-7-6-15(14-19-17)20-18(23)22-10-8-21(9-11-22)16-4-2-3-5-16/h6-7,14,16H,2-5,8-13H2,1H3,(H,20,23). The lowest BCUT2D eigenvalue weighted by Gasteiger charge is -2.37. The third kappa shape index (κ3) is 5.06. The number of rotatable bonds is 6. The Morgan fingerprint density at radius 1 is 1.20 bits per heavy atom. The number of amides is 2. The van der Waals surface area contributed by atoms with Gasteiger partial charge in [0.1, 0.15) is 6.61 Å². The van der Waals surface area contributed by atoms with Gasteiger partial charge in [-0.3, -0.25) is 4.90 Å². The normalized spacial score (nSPS) is 19.2. The highest BCUT2D eigenvalue weighted by atomic mass is 16.5. The highest BCUT2D eigenvalue weighted by molar-refractivity contribution is 5.89. The third-order valence-corrected chi connectivity index (χ3v) is 4.97. The van der Waals surface area contributed by atoms with E-state index >= 15 is 0 Å². The minimum Gasteiger partial charge on any atom is -0.475 e. The van der Waals surface area contributed by atoms with E-state index in [4.69, 9.17) is 9.47 Å². The predicted octanol–water partition coefficient (Wildman–Crippen LogP) is 2.20. The van der Waals surface area contributed by atoms with Gasteiger partial charge in [0, 0.05) is 45.4 Å². The molecule has 2 amide bonds. The van der Waals surface area contributed by atoms with Crippen LogP contribution in [0.5, 0.6) is 5.88 Å². The molecule has 1 aromatic rings. The lowest BCUT2D eigenvalue weighted by Crippen LogP contribution is -2.52. The minimum absolute atomic E-state index is 0.0547. The van der Waals surface area contributed by atoms with E-state index in [0.29, 0.717) is 24.8 Å². The van der Waals surface area contributed by atoms with E-state index in [1.807, 2.05) is 11.0 Å². The smallest absolute Gasteiger partial charge is 0.321 e. The van der Waals surface area contributed by atoms with Gasteiger partial charge in [0.25, 0.3) is 0 Å². The van der Waals surface area contributed by atoms with Crippen LogP contribution in [0.3, 0.4) is 0 Å². The van der Waals surface area contributed by atoms with Gasteiger partial charge in [0.15, 0.2) is 0 Å². The van der Waals surface area contributed by atoms with Crippen molar-refractivity contribution in [1.29, 1.82) is 0 Å². The average molecular weight is 348 g/mol. The first-order chi connectivity index (χ1) is 12.3. The number of nitrogens with zero attached hydrogens (tertiary/aromatic N) is 3. The Morgan fingerprint density at radius 3 is 2.60 bits per heavy atom. The van der Waals surface area contributed by atoms with Crippen molar-refractivity contribution in [2.45, 2.75) is 31.7 Å². The fourth-order valence-corrected chi connectivity index (χ4v) is 3.53. The summed E-state index contributed by atoms with van der Waals surface area (Å²) >= 11 is 0. The van der Waals surface area contributed by atoms with Crippen LogP contribution in [0.25, 0.3) is 0 Å². The Labute approximate surface area is 149 Å². The summed E-state index contributed by atoms with van der Waals surface area (Å²) in [4.78, 5) is 21.0. The summed E-state index contributed by atoms with van der Waals surface area (Å²) in [5.74, 6) is 0.528. The Kier molecular flexibility index (Phi) is 6.47. The number of ether oxygens (including phenoxy) is 2. The van der Waals surface area contributed by atoms with Gasteiger partial charge in [0.05, 0.1) is 18.5 Å². The first-order valence-corrected chi connectivity index (χ1v) is 9.14. The van der Waals surface area contributed by atoms with Crippen molar-refractivity contribution in [3.8, 4) is 5.88 Å². The largest absolute Gasteiger partial charge is 0.475 e. The van der Waals surface area contributed by atoms with Crippen LogP contribution < -0.4 is 10.1 Å². The van der Waals surface area contributed by atoms with E-state index in [9.17, 15) is 4.79 Å². The van der Waals surface area contributed by atoms with E-state index in [-0.39, 0.29) is 6.03 Å². The average Bonchev–Trinajstić information content (AvgIpc) is 3.18. The third-order valence-electron chi connectivity index (χ3n) is 4.97. The Balaban J connectivity index is 1.43. The van der Waals surface area contributed by atoms with Gasteiger partial charge >= 0.3 is 6.03 Å². The number of pyridine rings is 1. The molecule has 1 saturated heterocycles. The Morgan fingerprint density at radius 2 is 1.96 bits per heavy atom. The summed E-state index contributed by atoms with van der Waals surface area (Å²) in [6, 6.07) is 4.24. The number of hydrogen-bond donors (Lipinski definition) is 1. The summed E-state index contributed by atoms with van der Waals surface area (Å²) in [7, 11) is 1.63. The second kappa shape index (κ2) is 9.01. The van der Waals surface area contributed by atoms with Crippen molar-refractivity contribution in [1.82, 2.24) is 14.8 Å². The second-order valence-electron chi connectivity index (χ2n) is 6.62. The maximum atomic E-state index is 12.4. The number of nitrogens with one attached hydrogen (secondary N) is 1. The molecule has 1 N–H and O–H groups in total. The number of anilines is 1. The fraction of sp³-hybridized carbons (Fsp3) is 0.667. The number of methoxy groups -OCH3 is 1. The van der Waals surface area contributed by atoms with Crippen molar-refractivity contribution in [3.05, 3.63) is 18.3 Å². The van der Waals surface area contributed by atoms with Crippen LogP contribution in [0, 0.1) is 0 Å². The number of piperazine rings is 1. The molecule has 1 aliphatic carbocycles. The lowest BCUT2D eigenvalue weighted by molar-refractivity contribution is 0.115. The zero-order chi connectivity index (χ0) is 17.5. The van der Waals surface area contributed by atoms with Crippen molar-refractivity contribution < 1.29 is 14.3 Å². The molecule has 2 aliphatic rings. The monoisotopic (exact) mass is 348 g/mol. The van der Waals surface area contributed by atoms with Gasteiger partial charge in [-0.25, -0.2) is 9.78 Å². The molecule has 0 spiro atoms. The van der Waals surface area contributed by atoms with Gasteiger partial charge in [-0.2, -0.15) is 0 Å². The highest BCUT2D eigenvalue weighted by Crippen LogP contribution is 2.24. The van der Waals surface area contributed by atoms with Crippen molar-refractivity contribution >= 4 is 11.7 Å². The van der Waals surface area contributed by atoms with Crippen LogP contribution >= 0.6 is 0 Å². The molecule has 0 radical (unpaired) electrons. The van der Waals surface area contributed by atoms with Crippen LogP contribution in [0.2, 0.25) is 0 Å². The minimum atomic E-state index is -0.0547. The molecule has 0 bridgehead atoms. The van der Waals surface area contributed by atoms with Crippen LogP contribution in [0.4, 0.5) is 10.5 Å². The van der Waals surface area contributed by atoms with Gasteiger partial charge in [-0.05, 0) is 18.9 Å². The SMILES string of the molecule is COCCOc1ccc(NC(=O)N2CCN(C3CCCC3)CC2)cn1. The molecule has 2 fully saturated rings. The summed E-state index contributed by atoms with van der Waals surface area (Å²) in [6.45, 7) is 4.50. The summed E-state index contributed by atoms with van der Waals surface area (Å²) in [5, 5.41) is 2.92. The molecule has 1 aliphatic heterocycles. The Bertz CT molecular complexity index is 538. The molecule has 1 aromatic heterocycles. The van der Waals surface area contributed by atoms with Gasteiger partial charge < -0.3 is 19.7 Å². The molecule has 25 heavy (non-hydrogen) atoms. The second-order valence-corrected chi connectivity index (χ2v) is 6.62. The lowest BCUT2D eigenvalue weighted by atomic mass is 10.2. The number of carbonyl (C=O) groups excluding carboxylic acids is 1. The number of aromatic nitrogens is 1. The van der Waals surface area contributed by atoms with Crippen LogP contribution in [-0.4, -0.2) is 73.4 Å². The van der Waals surface area contributed by atoms with Crippen molar-refractivity contribution in [2.75, 3.05) is 51.8 Å². The van der Waals surface area contributed by atoms with Crippen LogP contribution in [-0.2, 0) is 4.74 Å². The molecule has 0 aromatic carbocycles. The zero-order valence-corrected chi connectivity index (χ0v) is 14.9. The van der Waals surface area contributed by atoms with Crippen LogP contribution in [0.15, 0.2) is 18.3 Å². The number of carbonyl (C=O) groups is 1. The molecular weight excluding hydrogens is 320 g/mol. The van der Waals surface area contributed by atoms with E-state index in [2.05, 4.69) is 15.2 Å². The number of urea groups is 1. The molecule has 138 valence electrons.